The van der Waals surface area contributed by atoms with Gasteiger partial charge in [-0.05, 0) is 43.5 Å². The standard InChI is InChI=1S/C18H22ClN3O4S/c19-14-5-3-13(4-6-14)18-21-20-17(26-18)11-22(10-16-2-1-8-25-16)15-7-9-27(23,24)12-15/h3-6,15-16H,1-2,7-12H2. The lowest BCUT2D eigenvalue weighted by molar-refractivity contribution is 0.0539. The molecule has 2 atom stereocenters. The molecule has 2 saturated heterocycles. The first kappa shape index (κ1) is 18.9. The average Bonchev–Trinajstić information content (AvgIpc) is 3.36. The maximum Gasteiger partial charge on any atom is 0.247 e. The van der Waals surface area contributed by atoms with Gasteiger partial charge < -0.3 is 9.15 Å². The van der Waals surface area contributed by atoms with Crippen LogP contribution in [0.3, 0.4) is 0 Å². The predicted octanol–water partition coefficient (Wildman–Crippen LogP) is 2.56. The molecule has 146 valence electrons. The van der Waals surface area contributed by atoms with Crippen LogP contribution in [0, 0.1) is 0 Å². The van der Waals surface area contributed by atoms with E-state index < -0.39 is 9.84 Å². The van der Waals surface area contributed by atoms with Crippen molar-refractivity contribution >= 4 is 21.4 Å². The number of rotatable bonds is 6. The minimum atomic E-state index is -2.97. The van der Waals surface area contributed by atoms with Crippen molar-refractivity contribution in [1.82, 2.24) is 15.1 Å². The predicted molar refractivity (Wildman–Crippen MR) is 101 cm³/mol. The molecule has 0 saturated carbocycles. The first-order valence-corrected chi connectivity index (χ1v) is 11.3. The van der Waals surface area contributed by atoms with Crippen LogP contribution in [0.5, 0.6) is 0 Å². The quantitative estimate of drug-likeness (QED) is 0.721. The second kappa shape index (κ2) is 7.87. The Morgan fingerprint density at radius 1 is 1.19 bits per heavy atom. The Morgan fingerprint density at radius 3 is 2.67 bits per heavy atom. The third-order valence-electron chi connectivity index (χ3n) is 5.08. The van der Waals surface area contributed by atoms with Crippen molar-refractivity contribution in [3.05, 3.63) is 35.2 Å². The molecule has 0 aliphatic carbocycles. The van der Waals surface area contributed by atoms with Gasteiger partial charge in [-0.15, -0.1) is 10.2 Å². The van der Waals surface area contributed by atoms with Crippen LogP contribution in [0.15, 0.2) is 28.7 Å². The van der Waals surface area contributed by atoms with Crippen molar-refractivity contribution in [2.75, 3.05) is 24.7 Å². The number of nitrogens with zero attached hydrogens (tertiary/aromatic N) is 3. The molecule has 0 radical (unpaired) electrons. The summed E-state index contributed by atoms with van der Waals surface area (Å²) in [5.74, 6) is 1.32. The molecule has 2 aliphatic heterocycles. The zero-order valence-corrected chi connectivity index (χ0v) is 16.5. The Hall–Kier alpha value is -1.48. The van der Waals surface area contributed by atoms with Crippen molar-refractivity contribution in [1.29, 1.82) is 0 Å². The molecule has 4 rings (SSSR count). The average molecular weight is 412 g/mol. The number of hydrogen-bond donors (Lipinski definition) is 0. The summed E-state index contributed by atoms with van der Waals surface area (Å²) in [5, 5.41) is 8.92. The Morgan fingerprint density at radius 2 is 2.00 bits per heavy atom. The number of sulfone groups is 1. The van der Waals surface area contributed by atoms with Gasteiger partial charge >= 0.3 is 0 Å². The lowest BCUT2D eigenvalue weighted by Crippen LogP contribution is -2.40. The zero-order valence-electron chi connectivity index (χ0n) is 14.9. The van der Waals surface area contributed by atoms with Gasteiger partial charge in [0.15, 0.2) is 9.84 Å². The van der Waals surface area contributed by atoms with E-state index in [0.717, 1.165) is 25.0 Å². The first-order valence-electron chi connectivity index (χ1n) is 9.13. The molecule has 1 aromatic carbocycles. The van der Waals surface area contributed by atoms with E-state index in [0.29, 0.717) is 36.3 Å². The fraction of sp³-hybridized carbons (Fsp3) is 0.556. The lowest BCUT2D eigenvalue weighted by Gasteiger charge is -2.28. The second-order valence-electron chi connectivity index (χ2n) is 7.13. The SMILES string of the molecule is O=S1(=O)CCC(N(Cc2nnc(-c3ccc(Cl)cc3)o2)CC2CCCO2)C1. The Bertz CT molecular complexity index is 878. The maximum atomic E-state index is 11.9. The van der Waals surface area contributed by atoms with Gasteiger partial charge in [-0.3, -0.25) is 4.90 Å². The van der Waals surface area contributed by atoms with Gasteiger partial charge in [-0.1, -0.05) is 11.6 Å². The highest BCUT2D eigenvalue weighted by Crippen LogP contribution is 2.25. The van der Waals surface area contributed by atoms with Crippen molar-refractivity contribution in [3.8, 4) is 11.5 Å². The lowest BCUT2D eigenvalue weighted by atomic mass is 10.1. The number of ether oxygens (including phenoxy) is 1. The number of hydrogen-bond acceptors (Lipinski definition) is 7. The van der Waals surface area contributed by atoms with Gasteiger partial charge in [0.05, 0.1) is 24.2 Å². The van der Waals surface area contributed by atoms with E-state index in [1.54, 1.807) is 12.1 Å². The normalized spacial score (nSPS) is 24.7. The Labute approximate surface area is 163 Å². The maximum absolute atomic E-state index is 11.9. The van der Waals surface area contributed by atoms with Gasteiger partial charge in [0.25, 0.3) is 0 Å². The van der Waals surface area contributed by atoms with E-state index in [2.05, 4.69) is 15.1 Å². The highest BCUT2D eigenvalue weighted by molar-refractivity contribution is 7.91. The van der Waals surface area contributed by atoms with Crippen LogP contribution >= 0.6 is 11.6 Å². The van der Waals surface area contributed by atoms with Crippen molar-refractivity contribution in [2.45, 2.75) is 38.0 Å². The molecule has 0 bridgehead atoms. The van der Waals surface area contributed by atoms with Crippen LogP contribution in [0.4, 0.5) is 0 Å². The van der Waals surface area contributed by atoms with Crippen molar-refractivity contribution in [2.24, 2.45) is 0 Å². The summed E-state index contributed by atoms with van der Waals surface area (Å²) in [5.41, 5.74) is 0.798. The van der Waals surface area contributed by atoms with E-state index >= 15 is 0 Å². The fourth-order valence-corrected chi connectivity index (χ4v) is 5.54. The minimum absolute atomic E-state index is 0.0370. The highest BCUT2D eigenvalue weighted by Gasteiger charge is 2.34. The number of benzene rings is 1. The second-order valence-corrected chi connectivity index (χ2v) is 9.79. The van der Waals surface area contributed by atoms with Crippen LogP contribution in [0.1, 0.15) is 25.2 Å². The van der Waals surface area contributed by atoms with E-state index in [-0.39, 0.29) is 23.7 Å². The molecule has 7 nitrogen and oxygen atoms in total. The molecular weight excluding hydrogens is 390 g/mol. The zero-order chi connectivity index (χ0) is 18.9. The summed E-state index contributed by atoms with van der Waals surface area (Å²) < 4.78 is 35.4. The molecule has 2 unspecified atom stereocenters. The van der Waals surface area contributed by atoms with E-state index in [1.807, 2.05) is 12.1 Å². The van der Waals surface area contributed by atoms with Gasteiger partial charge in [0.1, 0.15) is 0 Å². The van der Waals surface area contributed by atoms with E-state index in [4.69, 9.17) is 20.8 Å². The fourth-order valence-electron chi connectivity index (χ4n) is 3.66. The van der Waals surface area contributed by atoms with Gasteiger partial charge in [-0.2, -0.15) is 0 Å². The summed E-state index contributed by atoms with van der Waals surface area (Å²) in [6, 6.07) is 7.16. The number of aromatic nitrogens is 2. The molecule has 2 aromatic rings. The molecule has 2 fully saturated rings. The molecule has 1 aromatic heterocycles. The summed E-state index contributed by atoms with van der Waals surface area (Å²) in [4.78, 5) is 2.12. The van der Waals surface area contributed by atoms with Crippen LogP contribution in [0.2, 0.25) is 5.02 Å². The summed E-state index contributed by atoms with van der Waals surface area (Å²) in [6.07, 6.45) is 2.80. The topological polar surface area (TPSA) is 85.5 Å². The third kappa shape index (κ3) is 4.68. The molecule has 27 heavy (non-hydrogen) atoms. The third-order valence-corrected chi connectivity index (χ3v) is 7.09. The molecule has 0 spiro atoms. The summed E-state index contributed by atoms with van der Waals surface area (Å²) in [7, 11) is -2.97. The Balaban J connectivity index is 1.49. The van der Waals surface area contributed by atoms with Crippen LogP contribution in [-0.2, 0) is 21.1 Å². The Kier molecular flexibility index (Phi) is 5.50. The molecular formula is C18H22ClN3O4S. The van der Waals surface area contributed by atoms with Crippen LogP contribution in [-0.4, -0.2) is 60.3 Å². The summed E-state index contributed by atoms with van der Waals surface area (Å²) in [6.45, 7) is 1.86. The summed E-state index contributed by atoms with van der Waals surface area (Å²) >= 11 is 5.92. The first-order chi connectivity index (χ1) is 13.0. The highest BCUT2D eigenvalue weighted by atomic mass is 35.5. The smallest absolute Gasteiger partial charge is 0.247 e. The van der Waals surface area contributed by atoms with Crippen LogP contribution in [0.25, 0.3) is 11.5 Å². The molecule has 0 amide bonds. The van der Waals surface area contributed by atoms with Crippen molar-refractivity contribution in [3.63, 3.8) is 0 Å². The minimum Gasteiger partial charge on any atom is -0.419 e. The van der Waals surface area contributed by atoms with E-state index in [1.165, 1.54) is 0 Å². The van der Waals surface area contributed by atoms with E-state index in [9.17, 15) is 8.42 Å². The molecule has 9 heteroatoms. The molecule has 2 aliphatic rings. The molecule has 0 N–H and O–H groups in total. The largest absolute Gasteiger partial charge is 0.419 e. The monoisotopic (exact) mass is 411 g/mol. The van der Waals surface area contributed by atoms with Gasteiger partial charge in [0, 0.05) is 29.8 Å². The molecule has 3 heterocycles. The van der Waals surface area contributed by atoms with Gasteiger partial charge in [-0.25, -0.2) is 8.42 Å². The van der Waals surface area contributed by atoms with Crippen LogP contribution < -0.4 is 0 Å². The van der Waals surface area contributed by atoms with Gasteiger partial charge in [0.2, 0.25) is 11.8 Å². The van der Waals surface area contributed by atoms with Crippen molar-refractivity contribution < 1.29 is 17.6 Å². The number of halogens is 1.